The van der Waals surface area contributed by atoms with Crippen LogP contribution < -0.4 is 17.0 Å². The molecule has 0 fully saturated rings. The van der Waals surface area contributed by atoms with Gasteiger partial charge in [0.1, 0.15) is 11.5 Å². The number of benzene rings is 2. The second-order valence-electron chi connectivity index (χ2n) is 6.71. The zero-order valence-electron chi connectivity index (χ0n) is 15.9. The number of anilines is 1. The van der Waals surface area contributed by atoms with Crippen LogP contribution in [0.1, 0.15) is 40.0 Å². The van der Waals surface area contributed by atoms with Gasteiger partial charge < -0.3 is 11.5 Å². The number of nitrogens with two attached hydrogens (primary N) is 2. The summed E-state index contributed by atoms with van der Waals surface area (Å²) in [7, 11) is 0. The summed E-state index contributed by atoms with van der Waals surface area (Å²) < 4.78 is 54.7. The Morgan fingerprint density at radius 3 is 2.39 bits per heavy atom. The molecule has 0 spiro atoms. The van der Waals surface area contributed by atoms with Crippen LogP contribution >= 0.6 is 11.6 Å². The van der Waals surface area contributed by atoms with E-state index in [0.717, 1.165) is 12.1 Å². The van der Waals surface area contributed by atoms with Crippen molar-refractivity contribution in [1.82, 2.24) is 9.78 Å². The van der Waals surface area contributed by atoms with Crippen LogP contribution in [-0.4, -0.2) is 15.7 Å². The van der Waals surface area contributed by atoms with Crippen molar-refractivity contribution in [3.05, 3.63) is 86.0 Å². The Labute approximate surface area is 178 Å². The first-order valence-corrected chi connectivity index (χ1v) is 9.14. The number of hydrogen-bond donors (Lipinski definition) is 2. The van der Waals surface area contributed by atoms with E-state index in [4.69, 9.17) is 23.1 Å². The number of rotatable bonds is 4. The van der Waals surface area contributed by atoms with Crippen LogP contribution in [0.15, 0.2) is 47.3 Å². The fraction of sp³-hybridized carbons (Fsp3) is 0.150. The number of nitrogen functional groups attached to an aromatic ring is 1. The first-order chi connectivity index (χ1) is 14.4. The molecule has 0 aliphatic carbocycles. The van der Waals surface area contributed by atoms with Gasteiger partial charge in [0.2, 0.25) is 0 Å². The normalized spacial score (nSPS) is 12.6. The number of para-hydroxylation sites is 1. The minimum absolute atomic E-state index is 0.0780. The SMILES string of the molecule is C[C@H](c1cc(=O)n(-c2ccccc2F)nc1C(N)=O)c1cc(N)cc(C(F)(F)F)c1Cl. The van der Waals surface area contributed by atoms with Crippen molar-refractivity contribution in [3.63, 3.8) is 0 Å². The Hall–Kier alpha value is -3.40. The first-order valence-electron chi connectivity index (χ1n) is 8.77. The molecule has 0 saturated carbocycles. The molecule has 11 heteroatoms. The Morgan fingerprint density at radius 1 is 1.16 bits per heavy atom. The van der Waals surface area contributed by atoms with Crippen LogP contribution in [-0.2, 0) is 6.18 Å². The molecule has 1 atom stereocenters. The largest absolute Gasteiger partial charge is 0.417 e. The van der Waals surface area contributed by atoms with Gasteiger partial charge in [-0.05, 0) is 35.4 Å². The Kier molecular flexibility index (Phi) is 5.77. The maximum atomic E-state index is 14.1. The predicted octanol–water partition coefficient (Wildman–Crippen LogP) is 3.88. The van der Waals surface area contributed by atoms with Gasteiger partial charge in [-0.1, -0.05) is 30.7 Å². The fourth-order valence-corrected chi connectivity index (χ4v) is 3.53. The zero-order chi connectivity index (χ0) is 23.1. The summed E-state index contributed by atoms with van der Waals surface area (Å²) in [5, 5.41) is 3.23. The van der Waals surface area contributed by atoms with Crippen LogP contribution in [0.2, 0.25) is 5.02 Å². The molecular weight excluding hydrogens is 440 g/mol. The number of nitrogens with zero attached hydrogens (tertiary/aromatic N) is 2. The summed E-state index contributed by atoms with van der Waals surface area (Å²) in [5.74, 6) is -2.86. The van der Waals surface area contributed by atoms with Crippen molar-refractivity contribution < 1.29 is 22.4 Å². The van der Waals surface area contributed by atoms with Gasteiger partial charge in [0, 0.05) is 17.7 Å². The number of hydrogen-bond acceptors (Lipinski definition) is 4. The quantitative estimate of drug-likeness (QED) is 0.461. The Bertz CT molecular complexity index is 1240. The molecule has 0 bridgehead atoms. The molecule has 0 radical (unpaired) electrons. The van der Waals surface area contributed by atoms with E-state index in [2.05, 4.69) is 5.10 Å². The fourth-order valence-electron chi connectivity index (χ4n) is 3.15. The lowest BCUT2D eigenvalue weighted by Crippen LogP contribution is -2.29. The molecule has 162 valence electrons. The molecule has 0 unspecified atom stereocenters. The maximum absolute atomic E-state index is 14.1. The summed E-state index contributed by atoms with van der Waals surface area (Å²) in [6.07, 6.45) is -4.78. The molecule has 0 aliphatic rings. The van der Waals surface area contributed by atoms with Crippen molar-refractivity contribution in [2.24, 2.45) is 5.73 Å². The molecule has 1 aromatic heterocycles. The van der Waals surface area contributed by atoms with E-state index in [1.54, 1.807) is 0 Å². The highest BCUT2D eigenvalue weighted by molar-refractivity contribution is 6.32. The van der Waals surface area contributed by atoms with Gasteiger partial charge in [0.15, 0.2) is 5.69 Å². The highest BCUT2D eigenvalue weighted by Crippen LogP contribution is 2.41. The van der Waals surface area contributed by atoms with Gasteiger partial charge in [-0.15, -0.1) is 0 Å². The molecule has 31 heavy (non-hydrogen) atoms. The molecule has 3 aromatic rings. The van der Waals surface area contributed by atoms with Crippen LogP contribution in [0.4, 0.5) is 23.2 Å². The minimum atomic E-state index is -4.78. The average molecular weight is 455 g/mol. The number of primary amides is 1. The van der Waals surface area contributed by atoms with E-state index < -0.39 is 45.7 Å². The lowest BCUT2D eigenvalue weighted by molar-refractivity contribution is -0.137. The van der Waals surface area contributed by atoms with Gasteiger partial charge in [0.25, 0.3) is 11.5 Å². The van der Waals surface area contributed by atoms with Gasteiger partial charge >= 0.3 is 6.18 Å². The van der Waals surface area contributed by atoms with Crippen LogP contribution in [0.5, 0.6) is 0 Å². The number of carbonyl (C=O) groups excluding carboxylic acids is 1. The molecule has 0 aliphatic heterocycles. The summed E-state index contributed by atoms with van der Waals surface area (Å²) in [4.78, 5) is 24.7. The van der Waals surface area contributed by atoms with Crippen LogP contribution in [0.3, 0.4) is 0 Å². The standard InChI is InChI=1S/C20H15ClF4N4O2/c1-9(11-6-10(26)7-13(17(11)21)20(23,24)25)12-8-16(30)29(28-18(12)19(27)31)15-5-3-2-4-14(15)22/h2-9H,26H2,1H3,(H2,27,31)/t9-/m0/s1. The van der Waals surface area contributed by atoms with Crippen molar-refractivity contribution in [1.29, 1.82) is 0 Å². The molecule has 1 amide bonds. The van der Waals surface area contributed by atoms with Gasteiger partial charge in [-0.2, -0.15) is 23.0 Å². The van der Waals surface area contributed by atoms with Crippen molar-refractivity contribution in [2.75, 3.05) is 5.73 Å². The maximum Gasteiger partial charge on any atom is 0.417 e. The molecule has 6 nitrogen and oxygen atoms in total. The molecule has 3 rings (SSSR count). The summed E-state index contributed by atoms with van der Waals surface area (Å²) >= 11 is 5.98. The lowest BCUT2D eigenvalue weighted by atomic mass is 9.90. The smallest absolute Gasteiger partial charge is 0.399 e. The lowest BCUT2D eigenvalue weighted by Gasteiger charge is -2.20. The topological polar surface area (TPSA) is 104 Å². The van der Waals surface area contributed by atoms with Crippen molar-refractivity contribution in [2.45, 2.75) is 19.0 Å². The average Bonchev–Trinajstić information content (AvgIpc) is 2.68. The molecular formula is C20H15ClF4N4O2. The van der Waals surface area contributed by atoms with E-state index in [-0.39, 0.29) is 22.5 Å². The number of aromatic nitrogens is 2. The zero-order valence-corrected chi connectivity index (χ0v) is 16.6. The van der Waals surface area contributed by atoms with Crippen molar-refractivity contribution in [3.8, 4) is 5.69 Å². The predicted molar refractivity (Wildman–Crippen MR) is 107 cm³/mol. The van der Waals surface area contributed by atoms with Gasteiger partial charge in [-0.3, -0.25) is 9.59 Å². The third kappa shape index (κ3) is 4.24. The third-order valence-electron chi connectivity index (χ3n) is 4.64. The Balaban J connectivity index is 2.24. The van der Waals surface area contributed by atoms with Crippen LogP contribution in [0.25, 0.3) is 5.69 Å². The minimum Gasteiger partial charge on any atom is -0.399 e. The first kappa shape index (κ1) is 22.3. The van der Waals surface area contributed by atoms with Crippen molar-refractivity contribution >= 4 is 23.2 Å². The van der Waals surface area contributed by atoms with E-state index in [9.17, 15) is 27.2 Å². The van der Waals surface area contributed by atoms with Crippen LogP contribution in [0, 0.1) is 5.82 Å². The van der Waals surface area contributed by atoms with Gasteiger partial charge in [-0.25, -0.2) is 4.39 Å². The van der Waals surface area contributed by atoms with E-state index in [1.807, 2.05) is 0 Å². The molecule has 4 N–H and O–H groups in total. The Morgan fingerprint density at radius 2 is 1.81 bits per heavy atom. The second-order valence-corrected chi connectivity index (χ2v) is 7.08. The van der Waals surface area contributed by atoms with E-state index >= 15 is 0 Å². The second kappa shape index (κ2) is 8.03. The highest BCUT2D eigenvalue weighted by atomic mass is 35.5. The molecule has 1 heterocycles. The van der Waals surface area contributed by atoms with Gasteiger partial charge in [0.05, 0.1) is 10.6 Å². The third-order valence-corrected chi connectivity index (χ3v) is 5.06. The molecule has 2 aromatic carbocycles. The molecule has 0 saturated heterocycles. The summed E-state index contributed by atoms with van der Waals surface area (Å²) in [5.41, 5.74) is 7.98. The number of alkyl halides is 3. The summed E-state index contributed by atoms with van der Waals surface area (Å²) in [6.45, 7) is 1.41. The van der Waals surface area contributed by atoms with E-state index in [1.165, 1.54) is 31.2 Å². The number of carbonyl (C=O) groups is 1. The number of amides is 1. The van der Waals surface area contributed by atoms with E-state index in [0.29, 0.717) is 10.7 Å². The monoisotopic (exact) mass is 454 g/mol. The highest BCUT2D eigenvalue weighted by Gasteiger charge is 2.35. The summed E-state index contributed by atoms with van der Waals surface area (Å²) in [6, 6.07) is 8.05. The number of halogens is 5.